The number of hydrogen-bond acceptors (Lipinski definition) is 20. The standard InChI is InChI=1S/C108H168N4O16/c1-95(2,3)83-57-71(58-84(87(83)113)96(4,5)6)61-107(91(117)125-79-63-99(13,14)109(29)100(15,16)64-79,92(118)126-80-65-101(17,18)110(30)102(19,20)66-80)53-37-33-35-39-55-121-75-45-49-77(50-46-75)123-89(115)73-41-43-74(44-42-73)90(116)124-78-51-47-76(48-52-78)122-56-40-36-34-38-54-108(93(119)127-81-67-103(21,22)111(31)104(23,24)68-81,94(120)128-82-69-105(25,26)112(32)106(27,28)70-82)62-72-59-85(97(7,8)9)88(114)86(60-72)98(10,11)12/h45-52,57-60,73-74,79-82,113-114H,33-44,53-56,61-70H2,1-32H3. The van der Waals surface area contributed by atoms with Crippen molar-refractivity contribution in [2.24, 2.45) is 22.7 Å². The normalized spacial score (nSPS) is 21.5. The zero-order chi connectivity index (χ0) is 95.7. The van der Waals surface area contributed by atoms with Crippen LogP contribution in [0.3, 0.4) is 0 Å². The Morgan fingerprint density at radius 3 is 0.734 bits per heavy atom. The minimum absolute atomic E-state index is 0.0430. The maximum absolute atomic E-state index is 15.8. The third-order valence-corrected chi connectivity index (χ3v) is 30.3. The van der Waals surface area contributed by atoms with Crippen LogP contribution >= 0.6 is 0 Å². The van der Waals surface area contributed by atoms with Gasteiger partial charge in [0.15, 0.2) is 10.8 Å². The number of ether oxygens (including phenoxy) is 8. The Kier molecular flexibility index (Phi) is 32.2. The van der Waals surface area contributed by atoms with Crippen LogP contribution in [0.1, 0.15) is 369 Å². The molecule has 0 atom stereocenters. The molecule has 4 aromatic rings. The van der Waals surface area contributed by atoms with Crippen LogP contribution < -0.4 is 18.9 Å². The topological polar surface area (TPSA) is 230 Å². The van der Waals surface area contributed by atoms with Crippen LogP contribution in [0, 0.1) is 22.7 Å². The van der Waals surface area contributed by atoms with E-state index in [0.717, 1.165) is 46.2 Å². The lowest BCUT2D eigenvalue weighted by Crippen LogP contribution is -2.61. The molecular formula is C108H168N4O16. The van der Waals surface area contributed by atoms with Crippen molar-refractivity contribution in [3.8, 4) is 34.5 Å². The van der Waals surface area contributed by atoms with E-state index in [2.05, 4.69) is 242 Å². The number of carbonyl (C=O) groups excluding carboxylic acids is 6. The summed E-state index contributed by atoms with van der Waals surface area (Å²) in [5, 5.41) is 23.8. The fraction of sp³-hybridized carbons (Fsp3) is 0.722. The van der Waals surface area contributed by atoms with E-state index in [0.29, 0.717) is 152 Å². The average molecular weight is 1780 g/mol. The lowest BCUT2D eigenvalue weighted by Gasteiger charge is -2.53. The fourth-order valence-electron chi connectivity index (χ4n) is 21.4. The van der Waals surface area contributed by atoms with Crippen LogP contribution in [-0.2, 0) is 82.2 Å². The Labute approximate surface area is 771 Å². The minimum Gasteiger partial charge on any atom is -0.507 e. The molecule has 4 aliphatic heterocycles. The van der Waals surface area contributed by atoms with Crippen molar-refractivity contribution in [1.82, 2.24) is 19.6 Å². The quantitative estimate of drug-likeness (QED) is 0.0152. The number of esters is 6. The number of hydrogen-bond donors (Lipinski definition) is 2. The molecule has 20 nitrogen and oxygen atoms in total. The van der Waals surface area contributed by atoms with Crippen molar-refractivity contribution in [3.63, 3.8) is 0 Å². The van der Waals surface area contributed by atoms with Gasteiger partial charge in [-0.3, -0.25) is 48.4 Å². The van der Waals surface area contributed by atoms with E-state index >= 15 is 19.2 Å². The Balaban J connectivity index is 0.769. The van der Waals surface area contributed by atoms with Gasteiger partial charge in [0.05, 0.1) is 25.0 Å². The van der Waals surface area contributed by atoms with E-state index in [1.165, 1.54) is 0 Å². The number of aromatic hydroxyl groups is 2. The van der Waals surface area contributed by atoms with E-state index in [1.54, 1.807) is 48.5 Å². The molecule has 716 valence electrons. The van der Waals surface area contributed by atoms with Crippen molar-refractivity contribution in [1.29, 1.82) is 0 Å². The smallest absolute Gasteiger partial charge is 0.324 e. The van der Waals surface area contributed by atoms with Gasteiger partial charge in [0.25, 0.3) is 0 Å². The summed E-state index contributed by atoms with van der Waals surface area (Å²) in [4.78, 5) is 99.7. The molecule has 128 heavy (non-hydrogen) atoms. The molecule has 0 amide bonds. The molecule has 2 N–H and O–H groups in total. The van der Waals surface area contributed by atoms with Gasteiger partial charge in [0.1, 0.15) is 58.9 Å². The molecule has 1 aliphatic carbocycles. The molecule has 4 saturated heterocycles. The third kappa shape index (κ3) is 25.4. The van der Waals surface area contributed by atoms with Crippen LogP contribution in [0.15, 0.2) is 72.8 Å². The molecule has 0 spiro atoms. The molecule has 0 aromatic heterocycles. The van der Waals surface area contributed by atoms with E-state index < -0.39 is 80.8 Å². The van der Waals surface area contributed by atoms with Gasteiger partial charge in [0, 0.05) is 95.7 Å². The van der Waals surface area contributed by atoms with Gasteiger partial charge < -0.3 is 48.1 Å². The van der Waals surface area contributed by atoms with Crippen molar-refractivity contribution in [2.45, 2.75) is 438 Å². The monoisotopic (exact) mass is 1780 g/mol. The summed E-state index contributed by atoms with van der Waals surface area (Å²) in [6.07, 6.45) is 10.8. The summed E-state index contributed by atoms with van der Waals surface area (Å²) >= 11 is 0. The van der Waals surface area contributed by atoms with E-state index in [4.69, 9.17) is 37.9 Å². The maximum atomic E-state index is 15.8. The van der Waals surface area contributed by atoms with Crippen molar-refractivity contribution in [2.75, 3.05) is 41.4 Å². The summed E-state index contributed by atoms with van der Waals surface area (Å²) in [5.41, 5.74) is -3.03. The van der Waals surface area contributed by atoms with Crippen LogP contribution in [-0.4, -0.2) is 176 Å². The minimum atomic E-state index is -1.71. The molecule has 0 unspecified atom stereocenters. The second-order valence-corrected chi connectivity index (χ2v) is 48.4. The molecule has 5 fully saturated rings. The molecule has 0 bridgehead atoms. The van der Waals surface area contributed by atoms with Crippen molar-refractivity contribution < 1.29 is 76.9 Å². The first kappa shape index (κ1) is 104. The van der Waals surface area contributed by atoms with Crippen molar-refractivity contribution in [3.05, 3.63) is 106 Å². The van der Waals surface area contributed by atoms with Crippen LogP contribution in [0.4, 0.5) is 0 Å². The zero-order valence-corrected chi connectivity index (χ0v) is 85.2. The molecule has 1 saturated carbocycles. The average Bonchev–Trinajstić information content (AvgIpc) is 0.769. The number of phenolic OH excluding ortho intramolecular Hbond substituents is 2. The second-order valence-electron chi connectivity index (χ2n) is 48.4. The second kappa shape index (κ2) is 39.5. The highest BCUT2D eigenvalue weighted by Gasteiger charge is 2.57. The number of phenols is 2. The van der Waals surface area contributed by atoms with Crippen molar-refractivity contribution >= 4 is 35.8 Å². The molecule has 4 aromatic carbocycles. The molecule has 9 rings (SSSR count). The Hall–Kier alpha value is -7.26. The highest BCUT2D eigenvalue weighted by molar-refractivity contribution is 6.01. The Morgan fingerprint density at radius 2 is 0.523 bits per heavy atom. The predicted molar refractivity (Wildman–Crippen MR) is 510 cm³/mol. The number of rotatable bonds is 32. The Morgan fingerprint density at radius 1 is 0.320 bits per heavy atom. The predicted octanol–water partition coefficient (Wildman–Crippen LogP) is 22.5. The van der Waals surface area contributed by atoms with Gasteiger partial charge >= 0.3 is 35.8 Å². The van der Waals surface area contributed by atoms with E-state index in [9.17, 15) is 19.8 Å². The van der Waals surface area contributed by atoms with Gasteiger partial charge in [-0.25, -0.2) is 0 Å². The highest BCUT2D eigenvalue weighted by Crippen LogP contribution is 2.51. The largest absolute Gasteiger partial charge is 0.507 e. The summed E-state index contributed by atoms with van der Waals surface area (Å²) in [6.45, 7) is 60.5. The zero-order valence-electron chi connectivity index (χ0n) is 85.2. The summed E-state index contributed by atoms with van der Waals surface area (Å²) in [6, 6.07) is 22.0. The number of unbranched alkanes of at least 4 members (excludes halogenated alkanes) is 6. The Bertz CT molecular complexity index is 3950. The summed E-state index contributed by atoms with van der Waals surface area (Å²) in [5.74, 6) is -1.20. The number of carbonyl (C=O) groups is 6. The highest BCUT2D eigenvalue weighted by atomic mass is 16.6. The number of nitrogens with zero attached hydrogens (tertiary/aromatic N) is 4. The van der Waals surface area contributed by atoms with Crippen LogP contribution in [0.25, 0.3) is 0 Å². The van der Waals surface area contributed by atoms with Crippen LogP contribution in [0.5, 0.6) is 34.5 Å². The number of likely N-dealkylation sites (tertiary alicyclic amines) is 4. The molecular weight excluding hydrogens is 1610 g/mol. The summed E-state index contributed by atoms with van der Waals surface area (Å²) < 4.78 is 51.4. The first-order chi connectivity index (χ1) is 58.8. The van der Waals surface area contributed by atoms with Gasteiger partial charge in [-0.15, -0.1) is 0 Å². The van der Waals surface area contributed by atoms with E-state index in [1.807, 2.05) is 24.3 Å². The van der Waals surface area contributed by atoms with E-state index in [-0.39, 0.29) is 105 Å². The molecule has 5 aliphatic rings. The van der Waals surface area contributed by atoms with Gasteiger partial charge in [-0.2, -0.15) is 0 Å². The molecule has 4 heterocycles. The lowest BCUT2D eigenvalue weighted by molar-refractivity contribution is -0.190. The lowest BCUT2D eigenvalue weighted by atomic mass is 9.73. The number of piperidine rings is 4. The van der Waals surface area contributed by atoms with Gasteiger partial charge in [0.2, 0.25) is 0 Å². The molecule has 0 radical (unpaired) electrons. The van der Waals surface area contributed by atoms with Gasteiger partial charge in [-0.1, -0.05) is 146 Å². The first-order valence-corrected chi connectivity index (χ1v) is 48.2. The fourth-order valence-corrected chi connectivity index (χ4v) is 21.4. The third-order valence-electron chi connectivity index (χ3n) is 30.3. The van der Waals surface area contributed by atoms with Gasteiger partial charge in [-0.05, 0) is 307 Å². The molecule has 20 heteroatoms. The first-order valence-electron chi connectivity index (χ1n) is 48.2. The maximum Gasteiger partial charge on any atom is 0.324 e. The summed E-state index contributed by atoms with van der Waals surface area (Å²) in [7, 11) is 8.49. The van der Waals surface area contributed by atoms with Crippen LogP contribution in [0.2, 0.25) is 0 Å². The SMILES string of the molecule is CN1C(C)(C)CC(OC(=O)C(CCCCCCOc2ccc(OC(=O)C3CCC(C(=O)Oc4ccc(OCCCCCCC(Cc5cc(C(C)(C)C)c(O)c(C(C)(C)C)c5)(C(=O)OC5CC(C)(C)N(C)C(C)(C)C5)C(=O)OC5CC(C)(C)N(C)C(C)(C)C5)cc4)CC3)cc2)(Cc2cc(C(C)(C)C)c(O)c(C(C)(C)C)c2)C(=O)OC2CC(C)(C)N(C)C(C)(C)C2)CC1(C)C. The number of benzene rings is 4.